The van der Waals surface area contributed by atoms with E-state index in [2.05, 4.69) is 17.2 Å². The highest BCUT2D eigenvalue weighted by molar-refractivity contribution is 5.98. The Morgan fingerprint density at radius 3 is 1.97 bits per heavy atom. The number of carboxylic acids is 1. The fourth-order valence-electron chi connectivity index (χ4n) is 3.26. The third kappa shape index (κ3) is 9.50. The van der Waals surface area contributed by atoms with E-state index in [1.165, 1.54) is 19.1 Å². The van der Waals surface area contributed by atoms with Crippen molar-refractivity contribution in [3.63, 3.8) is 0 Å². The van der Waals surface area contributed by atoms with Crippen molar-refractivity contribution in [3.05, 3.63) is 65.2 Å². The van der Waals surface area contributed by atoms with Crippen LogP contribution in [0, 0.1) is 17.8 Å². The molecule has 2 rings (SSSR count). The van der Waals surface area contributed by atoms with E-state index in [1.54, 1.807) is 36.4 Å². The Morgan fingerprint density at radius 2 is 1.50 bits per heavy atom. The molecule has 0 saturated heterocycles. The van der Waals surface area contributed by atoms with Gasteiger partial charge >= 0.3 is 5.97 Å². The summed E-state index contributed by atoms with van der Waals surface area (Å²) in [5, 5.41) is 30.1. The molecule has 0 bridgehead atoms. The van der Waals surface area contributed by atoms with Gasteiger partial charge in [-0.15, -0.1) is 0 Å². The van der Waals surface area contributed by atoms with Crippen LogP contribution >= 0.6 is 0 Å². The van der Waals surface area contributed by atoms with Gasteiger partial charge < -0.3 is 31.1 Å². The van der Waals surface area contributed by atoms with Crippen LogP contribution in [0.2, 0.25) is 0 Å². The maximum atomic E-state index is 12.4. The largest absolute Gasteiger partial charge is 0.486 e. The molecule has 0 heterocycles. The normalized spacial score (nSPS) is 12.7. The molecule has 1 unspecified atom stereocenters. The Bertz CT molecular complexity index is 1230. The summed E-state index contributed by atoms with van der Waals surface area (Å²) in [6.45, 7) is 0.168. The minimum atomic E-state index is -1.28. The lowest BCUT2D eigenvalue weighted by Crippen LogP contribution is -2.48. The summed E-state index contributed by atoms with van der Waals surface area (Å²) in [5.74, 6) is 1.20. The number of carbonyl (C=O) groups excluding carboxylic acids is 4. The third-order valence-electron chi connectivity index (χ3n) is 5.30. The molecule has 2 aromatic rings. The summed E-state index contributed by atoms with van der Waals surface area (Å²) < 4.78 is 5.38. The lowest BCUT2D eigenvalue weighted by Gasteiger charge is -2.19. The van der Waals surface area contributed by atoms with Crippen LogP contribution in [0.15, 0.2) is 48.5 Å². The molecule has 11 nitrogen and oxygen atoms in total. The number of carbonyl (C=O) groups is 5. The maximum absolute atomic E-state index is 12.4. The molecular formula is C27H28N2O9. The first kappa shape index (κ1) is 29.7. The summed E-state index contributed by atoms with van der Waals surface area (Å²) in [5.41, 5.74) is 6.50. The topological polar surface area (TPSA) is 193 Å². The number of Topliss-reactive ketones (excluding diaryl/α,β-unsaturated/α-hetero) is 2. The second-order valence-corrected chi connectivity index (χ2v) is 8.40. The molecule has 0 spiro atoms. The number of ether oxygens (including phenoxy) is 1. The number of amides is 2. The van der Waals surface area contributed by atoms with Crippen LogP contribution in [0.5, 0.6) is 5.75 Å². The predicted molar refractivity (Wildman–Crippen MR) is 134 cm³/mol. The molecular weight excluding hydrogens is 496 g/mol. The number of nitrogens with two attached hydrogens (primary N) is 1. The fourth-order valence-corrected chi connectivity index (χ4v) is 3.26. The van der Waals surface area contributed by atoms with E-state index in [1.807, 2.05) is 0 Å². The van der Waals surface area contributed by atoms with E-state index in [0.29, 0.717) is 16.9 Å². The number of aliphatic hydroxyl groups is 2. The van der Waals surface area contributed by atoms with Gasteiger partial charge in [-0.1, -0.05) is 11.8 Å². The van der Waals surface area contributed by atoms with Gasteiger partial charge in [-0.3, -0.25) is 24.0 Å². The van der Waals surface area contributed by atoms with Crippen molar-refractivity contribution >= 4 is 29.4 Å². The fraction of sp³-hybridized carbons (Fsp3) is 0.296. The number of benzene rings is 2. The highest BCUT2D eigenvalue weighted by Crippen LogP contribution is 2.14. The van der Waals surface area contributed by atoms with Crippen LogP contribution in [-0.2, 0) is 19.2 Å². The van der Waals surface area contributed by atoms with Crippen LogP contribution in [0.4, 0.5) is 0 Å². The molecule has 200 valence electrons. The number of carboxylic acid groups (broad SMARTS) is 1. The number of hydrogen-bond acceptors (Lipinski definition) is 8. The van der Waals surface area contributed by atoms with Gasteiger partial charge in [-0.2, -0.15) is 0 Å². The van der Waals surface area contributed by atoms with Crippen molar-refractivity contribution < 1.29 is 44.0 Å². The lowest BCUT2D eigenvalue weighted by molar-refractivity contribution is -0.145. The first-order valence-corrected chi connectivity index (χ1v) is 11.5. The van der Waals surface area contributed by atoms with Gasteiger partial charge in [0.15, 0.2) is 11.6 Å². The monoisotopic (exact) mass is 524 g/mol. The van der Waals surface area contributed by atoms with Gasteiger partial charge in [-0.25, -0.2) is 0 Å². The third-order valence-corrected chi connectivity index (χ3v) is 5.30. The zero-order chi connectivity index (χ0) is 28.2. The van der Waals surface area contributed by atoms with E-state index < -0.39 is 60.4 Å². The molecule has 0 aliphatic carbocycles. The molecule has 0 aromatic heterocycles. The SMILES string of the molecule is C[C@@H](O)[C@H](NC(=O)c1ccc(C#Cc2ccc(OCC(=O)CC(CC(N)=O)C(=O)O)cc2)cc1)C(=O)CO. The highest BCUT2D eigenvalue weighted by atomic mass is 16.5. The quantitative estimate of drug-likeness (QED) is 0.225. The second-order valence-electron chi connectivity index (χ2n) is 8.40. The van der Waals surface area contributed by atoms with E-state index in [0.717, 1.165) is 0 Å². The maximum Gasteiger partial charge on any atom is 0.307 e. The first-order chi connectivity index (χ1) is 18.0. The zero-order valence-electron chi connectivity index (χ0n) is 20.5. The van der Waals surface area contributed by atoms with Crippen molar-refractivity contribution in [1.82, 2.24) is 5.32 Å². The molecule has 3 atom stereocenters. The van der Waals surface area contributed by atoms with Crippen LogP contribution in [0.1, 0.15) is 41.3 Å². The second kappa shape index (κ2) is 14.3. The van der Waals surface area contributed by atoms with E-state index in [9.17, 15) is 29.1 Å². The Kier molecular flexibility index (Phi) is 11.2. The average molecular weight is 525 g/mol. The number of ketones is 2. The number of rotatable bonds is 13. The van der Waals surface area contributed by atoms with Gasteiger partial charge in [0.1, 0.15) is 25.0 Å². The average Bonchev–Trinajstić information content (AvgIpc) is 2.88. The van der Waals surface area contributed by atoms with Gasteiger partial charge in [0.2, 0.25) is 5.91 Å². The number of aliphatic carboxylic acids is 1. The van der Waals surface area contributed by atoms with Crippen molar-refractivity contribution in [2.75, 3.05) is 13.2 Å². The molecule has 2 amide bonds. The highest BCUT2D eigenvalue weighted by Gasteiger charge is 2.25. The van der Waals surface area contributed by atoms with E-state index in [4.69, 9.17) is 20.7 Å². The van der Waals surface area contributed by atoms with Gasteiger partial charge in [0, 0.05) is 29.5 Å². The van der Waals surface area contributed by atoms with Gasteiger partial charge in [0.25, 0.3) is 5.91 Å². The Balaban J connectivity index is 1.93. The van der Waals surface area contributed by atoms with Crippen molar-refractivity contribution in [1.29, 1.82) is 0 Å². The Morgan fingerprint density at radius 1 is 0.947 bits per heavy atom. The summed E-state index contributed by atoms with van der Waals surface area (Å²) in [6, 6.07) is 11.5. The summed E-state index contributed by atoms with van der Waals surface area (Å²) in [6.07, 6.45) is -1.97. The number of aliphatic hydroxyl groups excluding tert-OH is 2. The smallest absolute Gasteiger partial charge is 0.307 e. The van der Waals surface area contributed by atoms with Gasteiger partial charge in [-0.05, 0) is 55.5 Å². The summed E-state index contributed by atoms with van der Waals surface area (Å²) in [4.78, 5) is 58.1. The Labute approximate surface area is 218 Å². The van der Waals surface area contributed by atoms with Crippen molar-refractivity contribution in [2.45, 2.75) is 31.9 Å². The number of primary amides is 1. The standard InChI is InChI=1S/C27H28N2O9/c1-16(31)25(23(33)14-30)29-26(35)19-8-4-17(5-9-19)2-3-18-6-10-22(11-7-18)38-15-21(32)12-20(27(36)37)13-24(28)34/h4-11,16,20,25,30-31H,12-15H2,1H3,(H2,28,34)(H,29,35)(H,36,37)/t16-,20?,25+/m1/s1. The van der Waals surface area contributed by atoms with Crippen LogP contribution in [0.25, 0.3) is 0 Å². The summed E-state index contributed by atoms with van der Waals surface area (Å²) in [7, 11) is 0. The summed E-state index contributed by atoms with van der Waals surface area (Å²) >= 11 is 0. The van der Waals surface area contributed by atoms with E-state index in [-0.39, 0.29) is 18.6 Å². The van der Waals surface area contributed by atoms with Crippen molar-refractivity contribution in [2.24, 2.45) is 11.7 Å². The molecule has 11 heteroatoms. The molecule has 2 aromatic carbocycles. The molecule has 0 saturated carbocycles. The molecule has 38 heavy (non-hydrogen) atoms. The first-order valence-electron chi connectivity index (χ1n) is 11.5. The minimum Gasteiger partial charge on any atom is -0.486 e. The molecule has 0 radical (unpaired) electrons. The van der Waals surface area contributed by atoms with Crippen LogP contribution in [-0.4, -0.2) is 70.0 Å². The van der Waals surface area contributed by atoms with Crippen LogP contribution in [0.3, 0.4) is 0 Å². The molecule has 0 fully saturated rings. The molecule has 0 aliphatic heterocycles. The lowest BCUT2D eigenvalue weighted by atomic mass is 9.99. The minimum absolute atomic E-state index is 0.243. The van der Waals surface area contributed by atoms with Crippen molar-refractivity contribution in [3.8, 4) is 17.6 Å². The number of hydrogen-bond donors (Lipinski definition) is 5. The molecule has 0 aliphatic rings. The Hall–Kier alpha value is -4.53. The van der Waals surface area contributed by atoms with Crippen LogP contribution < -0.4 is 15.8 Å². The zero-order valence-corrected chi connectivity index (χ0v) is 20.5. The number of nitrogens with one attached hydrogen (secondary N) is 1. The molecule has 6 N–H and O–H groups in total. The van der Waals surface area contributed by atoms with Gasteiger partial charge in [0.05, 0.1) is 12.0 Å². The predicted octanol–water partition coefficient (Wildman–Crippen LogP) is 0.0412. The van der Waals surface area contributed by atoms with E-state index >= 15 is 0 Å².